The number of amides is 1. The van der Waals surface area contributed by atoms with Crippen LogP contribution in [0.15, 0.2) is 0 Å². The molecule has 1 saturated heterocycles. The van der Waals surface area contributed by atoms with E-state index in [9.17, 15) is 4.79 Å². The Morgan fingerprint density at radius 2 is 1.71 bits per heavy atom. The number of hydrogen-bond donors (Lipinski definition) is 1. The third-order valence-electron chi connectivity index (χ3n) is 5.27. The molecule has 2 atom stereocenters. The average Bonchev–Trinajstić information content (AvgIpc) is 2.54. The first-order valence-corrected chi connectivity index (χ1v) is 6.72. The number of likely N-dealkylation sites (tertiary alicyclic amines) is 1. The Morgan fingerprint density at radius 1 is 1.18 bits per heavy atom. The van der Waals surface area contributed by atoms with Crippen molar-refractivity contribution in [1.29, 1.82) is 0 Å². The highest BCUT2D eigenvalue weighted by Crippen LogP contribution is 2.68. The lowest BCUT2D eigenvalue weighted by Gasteiger charge is -2.35. The number of nitrogens with two attached hydrogens (primary N) is 1. The minimum Gasteiger partial charge on any atom is -0.341 e. The van der Waals surface area contributed by atoms with Crippen LogP contribution < -0.4 is 5.73 Å². The highest BCUT2D eigenvalue weighted by Gasteiger charge is 2.68. The summed E-state index contributed by atoms with van der Waals surface area (Å²) in [4.78, 5) is 14.6. The molecule has 2 rings (SSSR count). The highest BCUT2D eigenvalue weighted by molar-refractivity contribution is 5.84. The van der Waals surface area contributed by atoms with Crippen LogP contribution in [0.3, 0.4) is 0 Å². The van der Waals surface area contributed by atoms with Gasteiger partial charge in [-0.3, -0.25) is 4.79 Å². The molecule has 2 fully saturated rings. The predicted molar refractivity (Wildman–Crippen MR) is 69.4 cm³/mol. The van der Waals surface area contributed by atoms with Gasteiger partial charge >= 0.3 is 0 Å². The van der Waals surface area contributed by atoms with E-state index in [1.54, 1.807) is 0 Å². The second kappa shape index (κ2) is 3.71. The van der Waals surface area contributed by atoms with E-state index < -0.39 is 0 Å². The molecule has 3 nitrogen and oxygen atoms in total. The van der Waals surface area contributed by atoms with Crippen LogP contribution >= 0.6 is 0 Å². The lowest BCUT2D eigenvalue weighted by atomic mass is 9.96. The van der Waals surface area contributed by atoms with E-state index in [2.05, 4.69) is 34.6 Å². The molecule has 17 heavy (non-hydrogen) atoms. The van der Waals surface area contributed by atoms with E-state index in [0.29, 0.717) is 11.8 Å². The van der Waals surface area contributed by atoms with Crippen LogP contribution in [0.2, 0.25) is 0 Å². The summed E-state index contributed by atoms with van der Waals surface area (Å²) in [6.45, 7) is 12.6. The lowest BCUT2D eigenvalue weighted by molar-refractivity contribution is -0.135. The van der Waals surface area contributed by atoms with Crippen molar-refractivity contribution in [2.24, 2.45) is 28.4 Å². The molecule has 1 heterocycles. The Kier molecular flexibility index (Phi) is 2.81. The van der Waals surface area contributed by atoms with Crippen molar-refractivity contribution in [3.63, 3.8) is 0 Å². The molecule has 1 aliphatic carbocycles. The summed E-state index contributed by atoms with van der Waals surface area (Å²) in [5.74, 6) is 1.03. The van der Waals surface area contributed by atoms with Crippen molar-refractivity contribution in [2.45, 2.75) is 47.1 Å². The minimum atomic E-state index is 0.134. The van der Waals surface area contributed by atoms with Crippen LogP contribution in [0.4, 0.5) is 0 Å². The van der Waals surface area contributed by atoms with Gasteiger partial charge in [-0.2, -0.15) is 0 Å². The summed E-state index contributed by atoms with van der Waals surface area (Å²) < 4.78 is 0. The second-order valence-electron chi connectivity index (χ2n) is 7.22. The van der Waals surface area contributed by atoms with E-state index in [1.807, 2.05) is 4.90 Å². The number of rotatable bonds is 1. The molecule has 1 aliphatic heterocycles. The minimum absolute atomic E-state index is 0.134. The molecular formula is C14H26N2O. The standard InChI is InChI=1S/C14H26N2O/c1-9-6-10(15)8-16(7-9)12(17)11-13(2,3)14(11,4)5/h9-11H,6-8,15H2,1-5H3. The zero-order valence-electron chi connectivity index (χ0n) is 11.8. The van der Waals surface area contributed by atoms with Gasteiger partial charge in [0.1, 0.15) is 0 Å². The van der Waals surface area contributed by atoms with Gasteiger partial charge in [0, 0.05) is 25.0 Å². The number of piperidine rings is 1. The molecule has 1 saturated carbocycles. The van der Waals surface area contributed by atoms with Crippen LogP contribution in [0.5, 0.6) is 0 Å². The monoisotopic (exact) mass is 238 g/mol. The molecule has 0 bridgehead atoms. The number of carbonyl (C=O) groups is 1. The van der Waals surface area contributed by atoms with Gasteiger partial charge < -0.3 is 10.6 Å². The van der Waals surface area contributed by atoms with E-state index in [0.717, 1.165) is 19.5 Å². The van der Waals surface area contributed by atoms with Crippen molar-refractivity contribution in [1.82, 2.24) is 4.90 Å². The van der Waals surface area contributed by atoms with Crippen LogP contribution in [-0.4, -0.2) is 29.9 Å². The quantitative estimate of drug-likeness (QED) is 0.758. The van der Waals surface area contributed by atoms with Crippen LogP contribution in [0, 0.1) is 22.7 Å². The second-order valence-corrected chi connectivity index (χ2v) is 7.22. The van der Waals surface area contributed by atoms with Crippen LogP contribution in [0.1, 0.15) is 41.0 Å². The maximum atomic E-state index is 12.6. The fourth-order valence-electron chi connectivity index (χ4n) is 3.58. The van der Waals surface area contributed by atoms with Gasteiger partial charge in [0.15, 0.2) is 0 Å². The Morgan fingerprint density at radius 3 is 2.12 bits per heavy atom. The lowest BCUT2D eigenvalue weighted by Crippen LogP contribution is -2.49. The van der Waals surface area contributed by atoms with Crippen LogP contribution in [0.25, 0.3) is 0 Å². The maximum absolute atomic E-state index is 12.6. The Labute approximate surface area is 105 Å². The van der Waals surface area contributed by atoms with Gasteiger partial charge in [-0.05, 0) is 23.2 Å². The van der Waals surface area contributed by atoms with Crippen molar-refractivity contribution in [3.05, 3.63) is 0 Å². The molecule has 98 valence electrons. The predicted octanol–water partition coefficient (Wildman–Crippen LogP) is 1.86. The SMILES string of the molecule is CC1CC(N)CN(C(=O)C2C(C)(C)C2(C)C)C1. The normalized spacial score (nSPS) is 35.8. The highest BCUT2D eigenvalue weighted by atomic mass is 16.2. The van der Waals surface area contributed by atoms with Crippen molar-refractivity contribution in [2.75, 3.05) is 13.1 Å². The summed E-state index contributed by atoms with van der Waals surface area (Å²) in [5.41, 5.74) is 6.28. The van der Waals surface area contributed by atoms with Gasteiger partial charge in [0.25, 0.3) is 0 Å². The Hall–Kier alpha value is -0.570. The first-order valence-electron chi connectivity index (χ1n) is 6.72. The van der Waals surface area contributed by atoms with E-state index in [4.69, 9.17) is 5.73 Å². The smallest absolute Gasteiger partial charge is 0.226 e. The molecule has 2 aliphatic rings. The van der Waals surface area contributed by atoms with E-state index in [1.165, 1.54) is 0 Å². The summed E-state index contributed by atoms with van der Waals surface area (Å²) >= 11 is 0. The summed E-state index contributed by atoms with van der Waals surface area (Å²) in [6, 6.07) is 0.160. The Balaban J connectivity index is 2.07. The molecule has 0 spiro atoms. The topological polar surface area (TPSA) is 46.3 Å². The third kappa shape index (κ3) is 1.88. The molecular weight excluding hydrogens is 212 g/mol. The van der Waals surface area contributed by atoms with Crippen molar-refractivity contribution >= 4 is 5.91 Å². The molecule has 2 unspecified atom stereocenters. The number of nitrogens with zero attached hydrogens (tertiary/aromatic N) is 1. The first-order chi connectivity index (χ1) is 7.68. The average molecular weight is 238 g/mol. The van der Waals surface area contributed by atoms with Crippen molar-refractivity contribution in [3.8, 4) is 0 Å². The Bertz CT molecular complexity index is 311. The molecule has 1 amide bonds. The molecule has 0 aromatic rings. The number of hydrogen-bond acceptors (Lipinski definition) is 2. The van der Waals surface area contributed by atoms with Gasteiger partial charge in [0.2, 0.25) is 5.91 Å². The van der Waals surface area contributed by atoms with Gasteiger partial charge in [-0.1, -0.05) is 34.6 Å². The van der Waals surface area contributed by atoms with Gasteiger partial charge in [0.05, 0.1) is 0 Å². The summed E-state index contributed by atoms with van der Waals surface area (Å²) in [7, 11) is 0. The largest absolute Gasteiger partial charge is 0.341 e. The van der Waals surface area contributed by atoms with Gasteiger partial charge in [-0.15, -0.1) is 0 Å². The van der Waals surface area contributed by atoms with E-state index in [-0.39, 0.29) is 22.8 Å². The first kappa shape index (κ1) is 12.9. The molecule has 0 radical (unpaired) electrons. The van der Waals surface area contributed by atoms with Gasteiger partial charge in [-0.25, -0.2) is 0 Å². The van der Waals surface area contributed by atoms with E-state index >= 15 is 0 Å². The zero-order valence-corrected chi connectivity index (χ0v) is 11.8. The van der Waals surface area contributed by atoms with Crippen molar-refractivity contribution < 1.29 is 4.79 Å². The fraction of sp³-hybridized carbons (Fsp3) is 0.929. The summed E-state index contributed by atoms with van der Waals surface area (Å²) in [5, 5.41) is 0. The molecule has 0 aromatic carbocycles. The van der Waals surface area contributed by atoms with Crippen LogP contribution in [-0.2, 0) is 4.79 Å². The molecule has 0 aromatic heterocycles. The fourth-order valence-corrected chi connectivity index (χ4v) is 3.58. The molecule has 3 heteroatoms. The summed E-state index contributed by atoms with van der Waals surface area (Å²) in [6.07, 6.45) is 1.04. The third-order valence-corrected chi connectivity index (χ3v) is 5.27. The molecule has 2 N–H and O–H groups in total. The number of carbonyl (C=O) groups excluding carboxylic acids is 1. The zero-order chi connectivity index (χ0) is 13.0. The maximum Gasteiger partial charge on any atom is 0.226 e.